The second-order valence-corrected chi connectivity index (χ2v) is 11.2. The van der Waals surface area contributed by atoms with Gasteiger partial charge in [-0.2, -0.15) is 26.3 Å². The van der Waals surface area contributed by atoms with Crippen molar-refractivity contribution in [2.24, 2.45) is 5.92 Å². The number of hydrogen-bond acceptors (Lipinski definition) is 6. The van der Waals surface area contributed by atoms with Crippen LogP contribution in [0.3, 0.4) is 0 Å². The number of rotatable bonds is 4. The SMILES string of the molecule is O=C(O)C(F)(F)F.O=C(O)C(F)(F)F.O=C1CCCN1CCC1CCN([C@@H]2c3ccccc3C3(CCNCC3)[C@H]2O)CC1. The van der Waals surface area contributed by atoms with E-state index < -0.39 is 24.3 Å². The zero-order valence-electron chi connectivity index (χ0n) is 23.5. The van der Waals surface area contributed by atoms with Gasteiger partial charge in [-0.15, -0.1) is 0 Å². The van der Waals surface area contributed by atoms with Gasteiger partial charge in [-0.3, -0.25) is 9.69 Å². The van der Waals surface area contributed by atoms with Gasteiger partial charge >= 0.3 is 24.3 Å². The molecule has 1 aliphatic carbocycles. The lowest BCUT2D eigenvalue weighted by molar-refractivity contribution is -0.193. The number of nitrogens with one attached hydrogen (secondary N) is 1. The highest BCUT2D eigenvalue weighted by molar-refractivity contribution is 5.78. The molecular weight excluding hydrogens is 588 g/mol. The van der Waals surface area contributed by atoms with Crippen molar-refractivity contribution in [3.63, 3.8) is 0 Å². The van der Waals surface area contributed by atoms with Crippen LogP contribution in [0.2, 0.25) is 0 Å². The quantitative estimate of drug-likeness (QED) is 0.373. The van der Waals surface area contributed by atoms with Crippen LogP contribution in [0.15, 0.2) is 24.3 Å². The Kier molecular flexibility index (Phi) is 11.5. The Morgan fingerprint density at radius 3 is 1.95 bits per heavy atom. The Bertz CT molecular complexity index is 1090. The summed E-state index contributed by atoms with van der Waals surface area (Å²) in [6, 6.07) is 8.95. The molecule has 0 aromatic heterocycles. The maximum Gasteiger partial charge on any atom is 0.490 e. The third-order valence-electron chi connectivity index (χ3n) is 8.68. The van der Waals surface area contributed by atoms with Crippen molar-refractivity contribution >= 4 is 17.8 Å². The van der Waals surface area contributed by atoms with Crippen LogP contribution in [0.1, 0.15) is 62.1 Å². The molecule has 4 aliphatic rings. The van der Waals surface area contributed by atoms with E-state index in [1.54, 1.807) is 0 Å². The number of aliphatic hydroxyl groups is 1. The number of carboxylic acids is 2. The number of alkyl halides is 6. The molecule has 4 N–H and O–H groups in total. The number of benzene rings is 1. The molecule has 3 aliphatic heterocycles. The monoisotopic (exact) mass is 625 g/mol. The molecule has 0 bridgehead atoms. The normalized spacial score (nSPS) is 24.1. The van der Waals surface area contributed by atoms with Crippen LogP contribution in [-0.2, 0) is 19.8 Å². The van der Waals surface area contributed by atoms with Crippen molar-refractivity contribution in [3.05, 3.63) is 35.4 Å². The summed E-state index contributed by atoms with van der Waals surface area (Å²) in [5.41, 5.74) is 2.69. The predicted octanol–water partition coefficient (Wildman–Crippen LogP) is 3.71. The van der Waals surface area contributed by atoms with E-state index in [-0.39, 0.29) is 17.6 Å². The first-order chi connectivity index (χ1) is 20.1. The lowest BCUT2D eigenvalue weighted by atomic mass is 9.72. The smallest absolute Gasteiger partial charge is 0.475 e. The topological polar surface area (TPSA) is 130 Å². The third kappa shape index (κ3) is 8.60. The number of aliphatic hydroxyl groups excluding tert-OH is 1. The average Bonchev–Trinajstić information content (AvgIpc) is 3.46. The van der Waals surface area contributed by atoms with E-state index in [0.29, 0.717) is 11.8 Å². The lowest BCUT2D eigenvalue weighted by Crippen LogP contribution is -2.49. The van der Waals surface area contributed by atoms with Crippen LogP contribution in [0.25, 0.3) is 0 Å². The van der Waals surface area contributed by atoms with Gasteiger partial charge in [0.15, 0.2) is 0 Å². The van der Waals surface area contributed by atoms with Gasteiger partial charge in [0.05, 0.1) is 12.1 Å². The van der Waals surface area contributed by atoms with Gasteiger partial charge in [0.2, 0.25) is 5.91 Å². The fraction of sp³-hybridized carbons (Fsp3) is 0.679. The lowest BCUT2D eigenvalue weighted by Gasteiger charge is -2.42. The minimum atomic E-state index is -5.08. The minimum absolute atomic E-state index is 0.0700. The Balaban J connectivity index is 0.000000303. The fourth-order valence-electron chi connectivity index (χ4n) is 6.47. The molecule has 3 saturated heterocycles. The van der Waals surface area contributed by atoms with Crippen LogP contribution in [0.5, 0.6) is 0 Å². The molecule has 2 atom stereocenters. The highest BCUT2D eigenvalue weighted by Crippen LogP contribution is 2.52. The summed E-state index contributed by atoms with van der Waals surface area (Å²) in [6.07, 6.45) is -3.13. The minimum Gasteiger partial charge on any atom is -0.475 e. The summed E-state index contributed by atoms with van der Waals surface area (Å²) in [7, 11) is 0. The van der Waals surface area contributed by atoms with Gasteiger partial charge in [-0.1, -0.05) is 24.3 Å². The summed E-state index contributed by atoms with van der Waals surface area (Å²) >= 11 is 0. The molecule has 15 heteroatoms. The second kappa shape index (κ2) is 14.2. The van der Waals surface area contributed by atoms with E-state index in [0.717, 1.165) is 71.4 Å². The Labute approximate surface area is 244 Å². The molecule has 43 heavy (non-hydrogen) atoms. The third-order valence-corrected chi connectivity index (χ3v) is 8.68. The Morgan fingerprint density at radius 2 is 1.47 bits per heavy atom. The number of amides is 1. The predicted molar refractivity (Wildman–Crippen MR) is 141 cm³/mol. The van der Waals surface area contributed by atoms with Gasteiger partial charge < -0.3 is 25.5 Å². The van der Waals surface area contributed by atoms with Crippen molar-refractivity contribution in [3.8, 4) is 0 Å². The molecule has 3 heterocycles. The van der Waals surface area contributed by atoms with E-state index in [1.165, 1.54) is 24.0 Å². The Morgan fingerprint density at radius 1 is 0.930 bits per heavy atom. The highest BCUT2D eigenvalue weighted by atomic mass is 19.4. The zero-order chi connectivity index (χ0) is 32.0. The molecule has 5 rings (SSSR count). The van der Waals surface area contributed by atoms with E-state index in [2.05, 4.69) is 39.4 Å². The number of hydrogen-bond donors (Lipinski definition) is 4. The van der Waals surface area contributed by atoms with E-state index in [4.69, 9.17) is 19.8 Å². The summed E-state index contributed by atoms with van der Waals surface area (Å²) in [4.78, 5) is 34.3. The molecule has 1 amide bonds. The van der Waals surface area contributed by atoms with Gasteiger partial charge in [0.1, 0.15) is 0 Å². The number of halogens is 6. The standard InChI is InChI=1S/C24H35N3O2.2C2HF3O2/c28-21-6-3-14-26(21)15-7-18-8-16-27(17-9-18)22-19-4-1-2-5-20(19)24(23(22)29)10-12-25-13-11-24;2*3-2(4,5)1(6)7/h1-2,4-5,18,22-23,25,29H,3,6-17H2;2*(H,6,7)/t22-,23+;;/m1../s1. The molecule has 0 radical (unpaired) electrons. The molecule has 0 unspecified atom stereocenters. The fourth-order valence-corrected chi connectivity index (χ4v) is 6.47. The summed E-state index contributed by atoms with van der Waals surface area (Å²) in [5, 5.41) is 29.3. The first-order valence-corrected chi connectivity index (χ1v) is 14.2. The first-order valence-electron chi connectivity index (χ1n) is 14.2. The molecular formula is C28H37F6N3O6. The molecule has 9 nitrogen and oxygen atoms in total. The van der Waals surface area contributed by atoms with Crippen LogP contribution in [0, 0.1) is 5.92 Å². The number of piperidine rings is 2. The highest BCUT2D eigenvalue weighted by Gasteiger charge is 2.53. The summed E-state index contributed by atoms with van der Waals surface area (Å²) < 4.78 is 63.5. The number of carbonyl (C=O) groups is 3. The van der Waals surface area contributed by atoms with Crippen LogP contribution in [0.4, 0.5) is 26.3 Å². The maximum atomic E-state index is 11.9. The van der Waals surface area contributed by atoms with E-state index >= 15 is 0 Å². The summed E-state index contributed by atoms with van der Waals surface area (Å²) in [5.74, 6) is -4.46. The van der Waals surface area contributed by atoms with Crippen molar-refractivity contribution in [2.45, 2.75) is 74.9 Å². The van der Waals surface area contributed by atoms with Gasteiger partial charge in [0, 0.05) is 24.9 Å². The van der Waals surface area contributed by atoms with Crippen molar-refractivity contribution in [1.29, 1.82) is 0 Å². The molecule has 242 valence electrons. The molecule has 3 fully saturated rings. The molecule has 0 saturated carbocycles. The van der Waals surface area contributed by atoms with Gasteiger partial charge in [-0.25, -0.2) is 9.59 Å². The largest absolute Gasteiger partial charge is 0.490 e. The summed E-state index contributed by atoms with van der Waals surface area (Å²) in [6.45, 7) is 6.00. The van der Waals surface area contributed by atoms with Crippen molar-refractivity contribution in [2.75, 3.05) is 39.3 Å². The van der Waals surface area contributed by atoms with Crippen molar-refractivity contribution < 1.29 is 56.0 Å². The van der Waals surface area contributed by atoms with Crippen LogP contribution in [-0.4, -0.2) is 101 Å². The van der Waals surface area contributed by atoms with Gasteiger partial charge in [0.25, 0.3) is 0 Å². The van der Waals surface area contributed by atoms with Gasteiger partial charge in [-0.05, 0) is 81.7 Å². The first kappa shape index (κ1) is 34.6. The maximum absolute atomic E-state index is 11.9. The average molecular weight is 626 g/mol. The molecule has 1 aromatic rings. The second-order valence-electron chi connectivity index (χ2n) is 11.2. The number of aliphatic carboxylic acids is 2. The molecule has 1 spiro atoms. The Hall–Kier alpha value is -2.91. The number of fused-ring (bicyclic) bond motifs is 2. The van der Waals surface area contributed by atoms with Crippen molar-refractivity contribution in [1.82, 2.24) is 15.1 Å². The van der Waals surface area contributed by atoms with E-state index in [9.17, 15) is 36.2 Å². The number of nitrogens with zero attached hydrogens (tertiary/aromatic N) is 2. The number of carboxylic acid groups (broad SMARTS) is 2. The molecule has 1 aromatic carbocycles. The van der Waals surface area contributed by atoms with Crippen LogP contribution < -0.4 is 5.32 Å². The zero-order valence-corrected chi connectivity index (χ0v) is 23.5. The number of likely N-dealkylation sites (tertiary alicyclic amines) is 2. The van der Waals surface area contributed by atoms with Crippen LogP contribution >= 0.6 is 0 Å². The van der Waals surface area contributed by atoms with E-state index in [1.807, 2.05) is 0 Å². The number of carbonyl (C=O) groups excluding carboxylic acids is 1.